The Balaban J connectivity index is 1.94. The zero-order valence-corrected chi connectivity index (χ0v) is 15.5. The maximum atomic E-state index is 12.2. The van der Waals surface area contributed by atoms with Gasteiger partial charge in [-0.25, -0.2) is 4.79 Å². The Morgan fingerprint density at radius 2 is 1.74 bits per heavy atom. The molecule has 0 aliphatic rings. The number of para-hydroxylation sites is 1. The van der Waals surface area contributed by atoms with Crippen molar-refractivity contribution in [3.63, 3.8) is 0 Å². The standard InChI is InChI=1S/C19H20ClN3O4/c1-23(15-5-3-2-4-6-15)17(24)12-27-18(25)11-16(22-19(21)26)13-7-9-14(20)10-8-13/h2-10,16H,11-12H2,1H3,(H3,21,22,26)/t16-/m0/s1. The Kier molecular flexibility index (Phi) is 7.19. The molecule has 1 atom stereocenters. The number of hydrogen-bond donors (Lipinski definition) is 2. The van der Waals surface area contributed by atoms with E-state index in [4.69, 9.17) is 22.1 Å². The number of hydrogen-bond acceptors (Lipinski definition) is 4. The van der Waals surface area contributed by atoms with Crippen LogP contribution in [0.15, 0.2) is 54.6 Å². The molecule has 7 nitrogen and oxygen atoms in total. The normalized spacial score (nSPS) is 11.3. The molecular formula is C19H20ClN3O4. The molecule has 0 spiro atoms. The van der Waals surface area contributed by atoms with Crippen LogP contribution in [0.5, 0.6) is 0 Å². The maximum absolute atomic E-state index is 12.2. The summed E-state index contributed by atoms with van der Waals surface area (Å²) in [7, 11) is 1.59. The average molecular weight is 390 g/mol. The van der Waals surface area contributed by atoms with Crippen LogP contribution in [-0.4, -0.2) is 31.6 Å². The first-order chi connectivity index (χ1) is 12.9. The number of halogens is 1. The van der Waals surface area contributed by atoms with E-state index in [1.807, 2.05) is 6.07 Å². The molecule has 0 aliphatic heterocycles. The summed E-state index contributed by atoms with van der Waals surface area (Å²) >= 11 is 5.85. The molecule has 0 saturated heterocycles. The number of nitrogens with one attached hydrogen (secondary N) is 1. The van der Waals surface area contributed by atoms with Crippen LogP contribution in [0, 0.1) is 0 Å². The number of carbonyl (C=O) groups excluding carboxylic acids is 3. The highest BCUT2D eigenvalue weighted by atomic mass is 35.5. The first-order valence-electron chi connectivity index (χ1n) is 8.15. The number of nitrogens with zero attached hydrogens (tertiary/aromatic N) is 1. The van der Waals surface area contributed by atoms with E-state index >= 15 is 0 Å². The number of benzene rings is 2. The van der Waals surface area contributed by atoms with E-state index in [2.05, 4.69) is 5.32 Å². The van der Waals surface area contributed by atoms with Crippen molar-refractivity contribution >= 4 is 35.2 Å². The lowest BCUT2D eigenvalue weighted by atomic mass is 10.0. The summed E-state index contributed by atoms with van der Waals surface area (Å²) in [6, 6.07) is 14.1. The van der Waals surface area contributed by atoms with Crippen LogP contribution < -0.4 is 16.0 Å². The lowest BCUT2D eigenvalue weighted by Crippen LogP contribution is -2.35. The number of rotatable bonds is 7. The van der Waals surface area contributed by atoms with Crippen LogP contribution in [0.1, 0.15) is 18.0 Å². The molecular weight excluding hydrogens is 370 g/mol. The van der Waals surface area contributed by atoms with Gasteiger partial charge in [-0.3, -0.25) is 9.59 Å². The van der Waals surface area contributed by atoms with Gasteiger partial charge >= 0.3 is 12.0 Å². The van der Waals surface area contributed by atoms with Crippen LogP contribution >= 0.6 is 11.6 Å². The van der Waals surface area contributed by atoms with Crippen molar-refractivity contribution in [1.82, 2.24) is 5.32 Å². The fourth-order valence-corrected chi connectivity index (χ4v) is 2.51. The van der Waals surface area contributed by atoms with Crippen molar-refractivity contribution in [2.75, 3.05) is 18.6 Å². The van der Waals surface area contributed by atoms with Crippen LogP contribution in [-0.2, 0) is 14.3 Å². The number of nitrogens with two attached hydrogens (primary N) is 1. The predicted molar refractivity (Wildman–Crippen MR) is 102 cm³/mol. The van der Waals surface area contributed by atoms with Gasteiger partial charge in [0.05, 0.1) is 12.5 Å². The molecule has 27 heavy (non-hydrogen) atoms. The van der Waals surface area contributed by atoms with E-state index in [0.29, 0.717) is 16.3 Å². The van der Waals surface area contributed by atoms with Gasteiger partial charge in [-0.1, -0.05) is 41.9 Å². The number of urea groups is 1. The Hall–Kier alpha value is -3.06. The van der Waals surface area contributed by atoms with Crippen molar-refractivity contribution in [2.45, 2.75) is 12.5 Å². The summed E-state index contributed by atoms with van der Waals surface area (Å²) in [6.07, 6.45) is -0.174. The van der Waals surface area contributed by atoms with E-state index < -0.39 is 24.6 Å². The number of likely N-dealkylation sites (N-methyl/N-ethyl adjacent to an activating group) is 1. The third-order valence-corrected chi connectivity index (χ3v) is 4.09. The van der Waals surface area contributed by atoms with E-state index in [-0.39, 0.29) is 12.3 Å². The minimum absolute atomic E-state index is 0.174. The van der Waals surface area contributed by atoms with Gasteiger partial charge in [0.25, 0.3) is 5.91 Å². The van der Waals surface area contributed by atoms with Crippen molar-refractivity contribution < 1.29 is 19.1 Å². The third kappa shape index (κ3) is 6.31. The van der Waals surface area contributed by atoms with Crippen LogP contribution in [0.25, 0.3) is 0 Å². The van der Waals surface area contributed by atoms with Gasteiger partial charge in [0.15, 0.2) is 6.61 Å². The van der Waals surface area contributed by atoms with Crippen molar-refractivity contribution in [3.05, 3.63) is 65.2 Å². The molecule has 0 aromatic heterocycles. The molecule has 3 amide bonds. The predicted octanol–water partition coefficient (Wildman–Crippen LogP) is 2.65. The molecule has 0 aliphatic carbocycles. The smallest absolute Gasteiger partial charge is 0.312 e. The number of primary amides is 1. The molecule has 2 aromatic rings. The second-order valence-corrected chi connectivity index (χ2v) is 6.20. The van der Waals surface area contributed by atoms with E-state index in [0.717, 1.165) is 0 Å². The zero-order valence-electron chi connectivity index (χ0n) is 14.7. The maximum Gasteiger partial charge on any atom is 0.312 e. The first-order valence-corrected chi connectivity index (χ1v) is 8.53. The molecule has 0 unspecified atom stereocenters. The summed E-state index contributed by atoms with van der Waals surface area (Å²) < 4.78 is 5.06. The molecule has 2 aromatic carbocycles. The third-order valence-electron chi connectivity index (χ3n) is 3.83. The zero-order chi connectivity index (χ0) is 19.8. The number of anilines is 1. The lowest BCUT2D eigenvalue weighted by Gasteiger charge is -2.19. The Morgan fingerprint density at radius 3 is 2.33 bits per heavy atom. The van der Waals surface area contributed by atoms with Gasteiger partial charge in [0.1, 0.15) is 0 Å². The SMILES string of the molecule is CN(C(=O)COC(=O)C[C@H](NC(N)=O)c1ccc(Cl)cc1)c1ccccc1. The molecule has 8 heteroatoms. The monoisotopic (exact) mass is 389 g/mol. The molecule has 142 valence electrons. The molecule has 0 heterocycles. The van der Waals surface area contributed by atoms with Gasteiger partial charge < -0.3 is 20.7 Å². The van der Waals surface area contributed by atoms with E-state index in [1.165, 1.54) is 4.90 Å². The molecule has 0 saturated carbocycles. The number of ether oxygens (including phenoxy) is 1. The summed E-state index contributed by atoms with van der Waals surface area (Å²) in [5.41, 5.74) is 6.50. The lowest BCUT2D eigenvalue weighted by molar-refractivity contribution is -0.148. The second-order valence-electron chi connectivity index (χ2n) is 5.77. The number of amides is 3. The van der Waals surface area contributed by atoms with Crippen LogP contribution in [0.3, 0.4) is 0 Å². The van der Waals surface area contributed by atoms with Crippen molar-refractivity contribution in [3.8, 4) is 0 Å². The summed E-state index contributed by atoms with van der Waals surface area (Å²) in [5.74, 6) is -1.01. The van der Waals surface area contributed by atoms with Gasteiger partial charge in [-0.15, -0.1) is 0 Å². The average Bonchev–Trinajstić information content (AvgIpc) is 2.66. The fourth-order valence-electron chi connectivity index (χ4n) is 2.38. The molecule has 0 bridgehead atoms. The van der Waals surface area contributed by atoms with Gasteiger partial charge in [0.2, 0.25) is 0 Å². The number of carbonyl (C=O) groups is 3. The molecule has 2 rings (SSSR count). The Morgan fingerprint density at radius 1 is 1.11 bits per heavy atom. The van der Waals surface area contributed by atoms with Crippen molar-refractivity contribution in [2.24, 2.45) is 5.73 Å². The summed E-state index contributed by atoms with van der Waals surface area (Å²) in [6.45, 7) is -0.409. The van der Waals surface area contributed by atoms with Gasteiger partial charge in [0, 0.05) is 17.8 Å². The Labute approximate surface area is 162 Å². The molecule has 3 N–H and O–H groups in total. The van der Waals surface area contributed by atoms with Crippen LogP contribution in [0.4, 0.5) is 10.5 Å². The highest BCUT2D eigenvalue weighted by molar-refractivity contribution is 6.30. The minimum atomic E-state index is -0.775. The quantitative estimate of drug-likeness (QED) is 0.710. The molecule has 0 radical (unpaired) electrons. The van der Waals surface area contributed by atoms with Gasteiger partial charge in [-0.05, 0) is 29.8 Å². The summed E-state index contributed by atoms with van der Waals surface area (Å²) in [4.78, 5) is 36.9. The second kappa shape index (κ2) is 9.59. The van der Waals surface area contributed by atoms with Crippen molar-refractivity contribution in [1.29, 1.82) is 0 Å². The van der Waals surface area contributed by atoms with Gasteiger partial charge in [-0.2, -0.15) is 0 Å². The fraction of sp³-hybridized carbons (Fsp3) is 0.211. The molecule has 0 fully saturated rings. The first kappa shape index (κ1) is 20.3. The highest BCUT2D eigenvalue weighted by Crippen LogP contribution is 2.20. The minimum Gasteiger partial charge on any atom is -0.455 e. The highest BCUT2D eigenvalue weighted by Gasteiger charge is 2.20. The summed E-state index contributed by atoms with van der Waals surface area (Å²) in [5, 5.41) is 3.00. The van der Waals surface area contributed by atoms with E-state index in [9.17, 15) is 14.4 Å². The topological polar surface area (TPSA) is 102 Å². The Bertz CT molecular complexity index is 796. The largest absolute Gasteiger partial charge is 0.455 e. The number of esters is 1. The van der Waals surface area contributed by atoms with Crippen LogP contribution in [0.2, 0.25) is 5.02 Å². The van der Waals surface area contributed by atoms with E-state index in [1.54, 1.807) is 55.6 Å².